The van der Waals surface area contributed by atoms with Crippen molar-refractivity contribution < 1.29 is 14.4 Å². The smallest absolute Gasteiger partial charge is 0.358 e. The highest BCUT2D eigenvalue weighted by atomic mass is 35.5. The summed E-state index contributed by atoms with van der Waals surface area (Å²) < 4.78 is 4.89. The summed E-state index contributed by atoms with van der Waals surface area (Å²) in [6.45, 7) is 0. The number of carboxylic acid groups (broad SMARTS) is 1. The summed E-state index contributed by atoms with van der Waals surface area (Å²) in [4.78, 5) is 10.6. The van der Waals surface area contributed by atoms with Gasteiger partial charge in [0.2, 0.25) is 0 Å². The molecule has 1 aromatic heterocycles. The van der Waals surface area contributed by atoms with E-state index >= 15 is 0 Å². The second-order valence-electron chi connectivity index (χ2n) is 3.44. The zero-order chi connectivity index (χ0) is 12.4. The highest BCUT2D eigenvalue weighted by Gasteiger charge is 2.11. The van der Waals surface area contributed by atoms with E-state index in [2.05, 4.69) is 5.16 Å². The number of rotatable bonds is 3. The van der Waals surface area contributed by atoms with Crippen LogP contribution in [0.1, 0.15) is 21.8 Å². The van der Waals surface area contributed by atoms with E-state index < -0.39 is 5.97 Å². The molecule has 2 rings (SSSR count). The van der Waals surface area contributed by atoms with Crippen LogP contribution in [0.3, 0.4) is 0 Å². The van der Waals surface area contributed by atoms with Crippen molar-refractivity contribution in [3.05, 3.63) is 51.3 Å². The molecule has 4 nitrogen and oxygen atoms in total. The predicted octanol–water partition coefficient (Wildman–Crippen LogP) is 3.27. The van der Waals surface area contributed by atoms with Crippen LogP contribution in [0.5, 0.6) is 0 Å². The zero-order valence-corrected chi connectivity index (χ0v) is 10.00. The lowest BCUT2D eigenvalue weighted by Crippen LogP contribution is -1.94. The quantitative estimate of drug-likeness (QED) is 0.931. The molecule has 0 saturated heterocycles. The van der Waals surface area contributed by atoms with E-state index in [1.54, 1.807) is 18.2 Å². The number of aromatic carboxylic acids is 1. The molecule has 0 spiro atoms. The lowest BCUT2D eigenvalue weighted by Gasteiger charge is -1.99. The minimum absolute atomic E-state index is 0.117. The molecule has 0 radical (unpaired) electrons. The van der Waals surface area contributed by atoms with Crippen molar-refractivity contribution in [2.75, 3.05) is 0 Å². The van der Waals surface area contributed by atoms with Crippen LogP contribution < -0.4 is 0 Å². The number of hydrogen-bond acceptors (Lipinski definition) is 3. The third kappa shape index (κ3) is 2.99. The molecule has 0 atom stereocenters. The van der Waals surface area contributed by atoms with Gasteiger partial charge in [-0.2, -0.15) is 0 Å². The molecule has 1 N–H and O–H groups in total. The number of hydrogen-bond donors (Lipinski definition) is 1. The maximum Gasteiger partial charge on any atom is 0.358 e. The van der Waals surface area contributed by atoms with Gasteiger partial charge >= 0.3 is 5.97 Å². The summed E-state index contributed by atoms with van der Waals surface area (Å²) in [5, 5.41) is 13.1. The van der Waals surface area contributed by atoms with Crippen molar-refractivity contribution >= 4 is 29.2 Å². The van der Waals surface area contributed by atoms with Gasteiger partial charge in [-0.15, -0.1) is 0 Å². The first-order chi connectivity index (χ1) is 8.04. The molecule has 0 aliphatic heterocycles. The van der Waals surface area contributed by atoms with Crippen LogP contribution in [-0.4, -0.2) is 16.2 Å². The summed E-state index contributed by atoms with van der Waals surface area (Å²) >= 11 is 11.7. The molecule has 6 heteroatoms. The van der Waals surface area contributed by atoms with Gasteiger partial charge in [-0.1, -0.05) is 28.4 Å². The van der Waals surface area contributed by atoms with Gasteiger partial charge in [-0.25, -0.2) is 4.79 Å². The fraction of sp³-hybridized carbons (Fsp3) is 0.0909. The van der Waals surface area contributed by atoms with Crippen molar-refractivity contribution in [3.8, 4) is 0 Å². The Morgan fingerprint density at radius 3 is 2.41 bits per heavy atom. The monoisotopic (exact) mass is 271 g/mol. The summed E-state index contributed by atoms with van der Waals surface area (Å²) in [7, 11) is 0. The zero-order valence-electron chi connectivity index (χ0n) is 8.48. The van der Waals surface area contributed by atoms with Crippen molar-refractivity contribution in [1.29, 1.82) is 0 Å². The molecule has 2 aromatic rings. The van der Waals surface area contributed by atoms with Crippen LogP contribution in [0.2, 0.25) is 10.0 Å². The molecular formula is C11H7Cl2NO3. The van der Waals surface area contributed by atoms with Crippen LogP contribution in [0.15, 0.2) is 28.8 Å². The SMILES string of the molecule is O=C(O)c1cc(Cc2cc(Cl)cc(Cl)c2)on1. The first-order valence-corrected chi connectivity index (χ1v) is 5.44. The largest absolute Gasteiger partial charge is 0.476 e. The normalized spacial score (nSPS) is 10.5. The highest BCUT2D eigenvalue weighted by Crippen LogP contribution is 2.21. The van der Waals surface area contributed by atoms with Crippen molar-refractivity contribution in [1.82, 2.24) is 5.16 Å². The van der Waals surface area contributed by atoms with Crippen molar-refractivity contribution in [2.45, 2.75) is 6.42 Å². The Hall–Kier alpha value is -1.52. The predicted molar refractivity (Wildman–Crippen MR) is 62.7 cm³/mol. The number of benzene rings is 1. The molecule has 0 unspecified atom stereocenters. The van der Waals surface area contributed by atoms with E-state index in [1.165, 1.54) is 6.07 Å². The Labute approximate surface area is 107 Å². The molecule has 88 valence electrons. The van der Waals surface area contributed by atoms with E-state index in [4.69, 9.17) is 32.8 Å². The second kappa shape index (κ2) is 4.77. The van der Waals surface area contributed by atoms with E-state index in [1.807, 2.05) is 0 Å². The Morgan fingerprint density at radius 1 is 1.24 bits per heavy atom. The molecule has 0 aliphatic rings. The standard InChI is InChI=1S/C11H7Cl2NO3/c12-7-1-6(2-8(13)4-7)3-9-5-10(11(15)16)14-17-9/h1-2,4-5H,3H2,(H,15,16). The fourth-order valence-corrected chi connectivity index (χ4v) is 1.98. The van der Waals surface area contributed by atoms with Crippen LogP contribution in [-0.2, 0) is 6.42 Å². The van der Waals surface area contributed by atoms with Gasteiger partial charge in [-0.3, -0.25) is 0 Å². The molecule has 0 bridgehead atoms. The summed E-state index contributed by atoms with van der Waals surface area (Å²) in [6, 6.07) is 6.46. The lowest BCUT2D eigenvalue weighted by atomic mass is 10.1. The lowest BCUT2D eigenvalue weighted by molar-refractivity contribution is 0.0685. The molecule has 1 aromatic carbocycles. The van der Waals surface area contributed by atoms with Gasteiger partial charge in [0.25, 0.3) is 0 Å². The van der Waals surface area contributed by atoms with Gasteiger partial charge < -0.3 is 9.63 Å². The molecule has 0 amide bonds. The average Bonchev–Trinajstić information content (AvgIpc) is 2.64. The minimum Gasteiger partial charge on any atom is -0.476 e. The van der Waals surface area contributed by atoms with Crippen LogP contribution >= 0.6 is 23.2 Å². The van der Waals surface area contributed by atoms with E-state index in [0.717, 1.165) is 5.56 Å². The maximum absolute atomic E-state index is 10.6. The summed E-state index contributed by atoms with van der Waals surface area (Å²) in [5.74, 6) is -0.676. The molecule has 0 saturated carbocycles. The second-order valence-corrected chi connectivity index (χ2v) is 4.31. The van der Waals surface area contributed by atoms with Gasteiger partial charge in [-0.05, 0) is 23.8 Å². The third-order valence-electron chi connectivity index (χ3n) is 2.08. The molecule has 1 heterocycles. The summed E-state index contributed by atoms with van der Waals surface area (Å²) in [6.07, 6.45) is 0.389. The average molecular weight is 272 g/mol. The molecular weight excluding hydrogens is 265 g/mol. The number of aromatic nitrogens is 1. The van der Waals surface area contributed by atoms with E-state index in [0.29, 0.717) is 22.2 Å². The molecule has 0 aliphatic carbocycles. The topological polar surface area (TPSA) is 63.3 Å². The number of halogens is 2. The Balaban J connectivity index is 2.22. The maximum atomic E-state index is 10.6. The summed E-state index contributed by atoms with van der Waals surface area (Å²) in [5.41, 5.74) is 0.712. The van der Waals surface area contributed by atoms with E-state index in [9.17, 15) is 4.79 Å². The highest BCUT2D eigenvalue weighted by molar-refractivity contribution is 6.34. The van der Waals surface area contributed by atoms with Gasteiger partial charge in [0.1, 0.15) is 5.76 Å². The number of carboxylic acids is 1. The first kappa shape index (κ1) is 12.0. The van der Waals surface area contributed by atoms with E-state index in [-0.39, 0.29) is 5.69 Å². The van der Waals surface area contributed by atoms with Crippen molar-refractivity contribution in [2.24, 2.45) is 0 Å². The van der Waals surface area contributed by atoms with Gasteiger partial charge in [0.15, 0.2) is 5.69 Å². The molecule has 0 fully saturated rings. The third-order valence-corrected chi connectivity index (χ3v) is 2.52. The number of nitrogens with zero attached hydrogens (tertiary/aromatic N) is 1. The minimum atomic E-state index is -1.12. The fourth-order valence-electron chi connectivity index (χ4n) is 1.41. The van der Waals surface area contributed by atoms with Crippen LogP contribution in [0.4, 0.5) is 0 Å². The first-order valence-electron chi connectivity index (χ1n) is 4.68. The van der Waals surface area contributed by atoms with Crippen LogP contribution in [0.25, 0.3) is 0 Å². The Kier molecular flexibility index (Phi) is 3.36. The van der Waals surface area contributed by atoms with Crippen molar-refractivity contribution in [3.63, 3.8) is 0 Å². The Morgan fingerprint density at radius 2 is 1.88 bits per heavy atom. The van der Waals surface area contributed by atoms with Gasteiger partial charge in [0.05, 0.1) is 0 Å². The van der Waals surface area contributed by atoms with Gasteiger partial charge in [0, 0.05) is 22.5 Å². The molecule has 17 heavy (non-hydrogen) atoms. The Bertz CT molecular complexity index is 545. The number of carbonyl (C=O) groups is 1. The van der Waals surface area contributed by atoms with Crippen LogP contribution in [0, 0.1) is 0 Å².